The molecule has 1 aliphatic heterocycles. The van der Waals surface area contributed by atoms with Crippen LogP contribution in [0.1, 0.15) is 61.4 Å². The molecule has 2 fully saturated rings. The van der Waals surface area contributed by atoms with Crippen LogP contribution in [-0.4, -0.2) is 47.8 Å². The van der Waals surface area contributed by atoms with E-state index in [-0.39, 0.29) is 11.8 Å². The SMILES string of the molecule is CCCc1ccc(C(=O)N2CCCN(C(=O)C3CCCC3)CC2)cc1. The van der Waals surface area contributed by atoms with Crippen LogP contribution in [0.25, 0.3) is 0 Å². The van der Waals surface area contributed by atoms with E-state index in [1.807, 2.05) is 21.9 Å². The first-order valence-electron chi connectivity index (χ1n) is 9.86. The smallest absolute Gasteiger partial charge is 0.253 e. The number of hydrogen-bond donors (Lipinski definition) is 0. The van der Waals surface area contributed by atoms with Gasteiger partial charge in [-0.25, -0.2) is 0 Å². The average molecular weight is 342 g/mol. The first-order chi connectivity index (χ1) is 12.2. The van der Waals surface area contributed by atoms with Gasteiger partial charge in [0.25, 0.3) is 5.91 Å². The van der Waals surface area contributed by atoms with Crippen molar-refractivity contribution in [2.75, 3.05) is 26.2 Å². The second-order valence-electron chi connectivity index (χ2n) is 7.40. The molecular weight excluding hydrogens is 312 g/mol. The lowest BCUT2D eigenvalue weighted by molar-refractivity contribution is -0.135. The Kier molecular flexibility index (Phi) is 6.11. The van der Waals surface area contributed by atoms with E-state index < -0.39 is 0 Å². The van der Waals surface area contributed by atoms with Crippen molar-refractivity contribution in [1.82, 2.24) is 9.80 Å². The number of nitrogens with zero attached hydrogens (tertiary/aromatic N) is 2. The Morgan fingerprint density at radius 3 is 2.24 bits per heavy atom. The van der Waals surface area contributed by atoms with Crippen LogP contribution in [0.2, 0.25) is 0 Å². The van der Waals surface area contributed by atoms with Gasteiger partial charge in [-0.15, -0.1) is 0 Å². The average Bonchev–Trinajstić information content (AvgIpc) is 3.06. The molecule has 2 aliphatic rings. The van der Waals surface area contributed by atoms with Crippen molar-refractivity contribution in [1.29, 1.82) is 0 Å². The molecule has 2 amide bonds. The minimum Gasteiger partial charge on any atom is -0.341 e. The van der Waals surface area contributed by atoms with Crippen LogP contribution in [0.5, 0.6) is 0 Å². The number of carbonyl (C=O) groups excluding carboxylic acids is 2. The summed E-state index contributed by atoms with van der Waals surface area (Å²) >= 11 is 0. The second kappa shape index (κ2) is 8.50. The molecule has 1 saturated heterocycles. The highest BCUT2D eigenvalue weighted by molar-refractivity contribution is 5.94. The highest BCUT2D eigenvalue weighted by Gasteiger charge is 2.29. The Hall–Kier alpha value is -1.84. The fraction of sp³-hybridized carbons (Fsp3) is 0.619. The van der Waals surface area contributed by atoms with E-state index in [0.29, 0.717) is 19.0 Å². The third-order valence-electron chi connectivity index (χ3n) is 5.54. The minimum atomic E-state index is 0.0956. The predicted octanol–water partition coefficient (Wildman–Crippen LogP) is 3.50. The molecule has 0 aromatic heterocycles. The van der Waals surface area contributed by atoms with E-state index in [1.165, 1.54) is 18.4 Å². The topological polar surface area (TPSA) is 40.6 Å². The van der Waals surface area contributed by atoms with Crippen LogP contribution in [0.15, 0.2) is 24.3 Å². The number of amides is 2. The van der Waals surface area contributed by atoms with Gasteiger partial charge in [-0.1, -0.05) is 38.3 Å². The lowest BCUT2D eigenvalue weighted by Crippen LogP contribution is -2.39. The Labute approximate surface area is 151 Å². The molecule has 1 heterocycles. The van der Waals surface area contributed by atoms with Gasteiger partial charge >= 0.3 is 0 Å². The molecule has 1 aliphatic carbocycles. The zero-order chi connectivity index (χ0) is 17.6. The molecule has 0 radical (unpaired) electrons. The van der Waals surface area contributed by atoms with Crippen molar-refractivity contribution >= 4 is 11.8 Å². The number of rotatable bonds is 4. The van der Waals surface area contributed by atoms with Crippen LogP contribution in [-0.2, 0) is 11.2 Å². The summed E-state index contributed by atoms with van der Waals surface area (Å²) in [6, 6.07) is 8.01. The predicted molar refractivity (Wildman–Crippen MR) is 99.5 cm³/mol. The molecule has 0 N–H and O–H groups in total. The summed E-state index contributed by atoms with van der Waals surface area (Å²) in [5.41, 5.74) is 2.04. The quantitative estimate of drug-likeness (QED) is 0.840. The highest BCUT2D eigenvalue weighted by Crippen LogP contribution is 2.27. The maximum Gasteiger partial charge on any atom is 0.253 e. The van der Waals surface area contributed by atoms with Crippen LogP contribution < -0.4 is 0 Å². The summed E-state index contributed by atoms with van der Waals surface area (Å²) in [7, 11) is 0. The lowest BCUT2D eigenvalue weighted by Gasteiger charge is -2.24. The van der Waals surface area contributed by atoms with Crippen LogP contribution in [0.4, 0.5) is 0 Å². The molecule has 4 nitrogen and oxygen atoms in total. The number of carbonyl (C=O) groups is 2. The summed E-state index contributed by atoms with van der Waals surface area (Å²) in [4.78, 5) is 29.3. The molecule has 4 heteroatoms. The maximum atomic E-state index is 12.8. The van der Waals surface area contributed by atoms with Gasteiger partial charge in [0.15, 0.2) is 0 Å². The van der Waals surface area contributed by atoms with E-state index in [9.17, 15) is 9.59 Å². The Balaban J connectivity index is 1.58. The van der Waals surface area contributed by atoms with Crippen molar-refractivity contribution in [3.8, 4) is 0 Å². The molecule has 1 saturated carbocycles. The fourth-order valence-electron chi connectivity index (χ4n) is 4.06. The van der Waals surface area contributed by atoms with Gasteiger partial charge in [0.2, 0.25) is 5.91 Å². The summed E-state index contributed by atoms with van der Waals surface area (Å²) < 4.78 is 0. The lowest BCUT2D eigenvalue weighted by atomic mass is 10.1. The zero-order valence-electron chi connectivity index (χ0n) is 15.4. The molecule has 136 valence electrons. The van der Waals surface area contributed by atoms with Gasteiger partial charge in [-0.3, -0.25) is 9.59 Å². The number of aryl methyl sites for hydroxylation is 1. The van der Waals surface area contributed by atoms with E-state index in [0.717, 1.165) is 50.8 Å². The summed E-state index contributed by atoms with van der Waals surface area (Å²) in [6.45, 7) is 5.01. The largest absolute Gasteiger partial charge is 0.341 e. The van der Waals surface area contributed by atoms with Crippen LogP contribution >= 0.6 is 0 Å². The molecular formula is C21H30N2O2. The molecule has 1 aromatic rings. The number of benzene rings is 1. The van der Waals surface area contributed by atoms with Gasteiger partial charge in [-0.05, 0) is 43.4 Å². The summed E-state index contributed by atoms with van der Waals surface area (Å²) in [5, 5.41) is 0. The van der Waals surface area contributed by atoms with Crippen molar-refractivity contribution in [2.45, 2.75) is 51.9 Å². The molecule has 0 unspecified atom stereocenters. The first kappa shape index (κ1) is 18.0. The van der Waals surface area contributed by atoms with E-state index in [2.05, 4.69) is 19.1 Å². The monoisotopic (exact) mass is 342 g/mol. The molecule has 0 spiro atoms. The molecule has 0 bridgehead atoms. The zero-order valence-corrected chi connectivity index (χ0v) is 15.4. The third kappa shape index (κ3) is 4.42. The minimum absolute atomic E-state index is 0.0956. The van der Waals surface area contributed by atoms with E-state index in [4.69, 9.17) is 0 Å². The van der Waals surface area contributed by atoms with Gasteiger partial charge in [-0.2, -0.15) is 0 Å². The fourth-order valence-corrected chi connectivity index (χ4v) is 4.06. The molecule has 25 heavy (non-hydrogen) atoms. The van der Waals surface area contributed by atoms with Gasteiger partial charge < -0.3 is 9.80 Å². The standard InChI is InChI=1S/C21H30N2O2/c1-2-6-17-9-11-19(12-10-17)21(25)23-14-5-13-22(15-16-23)20(24)18-7-3-4-8-18/h9-12,18H,2-8,13-16H2,1H3. The maximum absolute atomic E-state index is 12.8. The van der Waals surface area contributed by atoms with Crippen molar-refractivity contribution in [2.24, 2.45) is 5.92 Å². The Bertz CT molecular complexity index is 590. The Morgan fingerprint density at radius 1 is 0.920 bits per heavy atom. The van der Waals surface area contributed by atoms with Crippen LogP contribution in [0, 0.1) is 5.92 Å². The van der Waals surface area contributed by atoms with Crippen molar-refractivity contribution in [3.05, 3.63) is 35.4 Å². The summed E-state index contributed by atoms with van der Waals surface area (Å²) in [6.07, 6.45) is 7.49. The van der Waals surface area contributed by atoms with Gasteiger partial charge in [0, 0.05) is 37.7 Å². The molecule has 3 rings (SSSR count). The normalized spacial score (nSPS) is 19.1. The van der Waals surface area contributed by atoms with E-state index in [1.54, 1.807) is 0 Å². The Morgan fingerprint density at radius 2 is 1.56 bits per heavy atom. The van der Waals surface area contributed by atoms with E-state index >= 15 is 0 Å². The molecule has 1 aromatic carbocycles. The summed E-state index contributed by atoms with van der Waals surface area (Å²) in [5.74, 6) is 0.641. The highest BCUT2D eigenvalue weighted by atomic mass is 16.2. The van der Waals surface area contributed by atoms with Crippen LogP contribution in [0.3, 0.4) is 0 Å². The third-order valence-corrected chi connectivity index (χ3v) is 5.54. The van der Waals surface area contributed by atoms with Gasteiger partial charge in [0.05, 0.1) is 0 Å². The van der Waals surface area contributed by atoms with Gasteiger partial charge in [0.1, 0.15) is 0 Å². The number of hydrogen-bond acceptors (Lipinski definition) is 2. The van der Waals surface area contributed by atoms with Crippen molar-refractivity contribution in [3.63, 3.8) is 0 Å². The van der Waals surface area contributed by atoms with Crippen molar-refractivity contribution < 1.29 is 9.59 Å². The first-order valence-corrected chi connectivity index (χ1v) is 9.86. The second-order valence-corrected chi connectivity index (χ2v) is 7.40. The molecule has 0 atom stereocenters.